The van der Waals surface area contributed by atoms with Crippen molar-refractivity contribution < 1.29 is 19.4 Å². The van der Waals surface area contributed by atoms with E-state index in [1.54, 1.807) is 20.3 Å². The molecular formula is C25H23NO4. The van der Waals surface area contributed by atoms with E-state index < -0.39 is 5.97 Å². The van der Waals surface area contributed by atoms with Gasteiger partial charge < -0.3 is 19.9 Å². The zero-order valence-electron chi connectivity index (χ0n) is 16.9. The molecule has 3 atom stereocenters. The molecular weight excluding hydrogens is 378 g/mol. The molecule has 2 aliphatic rings. The first-order valence-corrected chi connectivity index (χ1v) is 10.1. The Balaban J connectivity index is 1.74. The van der Waals surface area contributed by atoms with Crippen molar-refractivity contribution in [1.29, 1.82) is 0 Å². The van der Waals surface area contributed by atoms with Gasteiger partial charge in [-0.05, 0) is 41.2 Å². The molecule has 5 rings (SSSR count). The van der Waals surface area contributed by atoms with Crippen molar-refractivity contribution in [2.24, 2.45) is 5.92 Å². The molecule has 0 spiro atoms. The second kappa shape index (κ2) is 7.10. The molecule has 0 saturated heterocycles. The summed E-state index contributed by atoms with van der Waals surface area (Å²) < 4.78 is 11.3. The summed E-state index contributed by atoms with van der Waals surface area (Å²) in [6.45, 7) is 0. The minimum Gasteiger partial charge on any atom is -0.493 e. The SMILES string of the molecule is COc1cccc([C@@H]2Nc3c(C(=O)O)cccc3[C@@H]3c4ccccc4C[C@@H]32)c1OC. The molecule has 1 aliphatic carbocycles. The Hall–Kier alpha value is -3.47. The first-order chi connectivity index (χ1) is 14.6. The third-order valence-corrected chi connectivity index (χ3v) is 6.43. The van der Waals surface area contributed by atoms with E-state index in [0.29, 0.717) is 22.7 Å². The maximum atomic E-state index is 12.0. The number of benzene rings is 3. The Morgan fingerprint density at radius 3 is 2.43 bits per heavy atom. The van der Waals surface area contributed by atoms with E-state index in [1.807, 2.05) is 30.3 Å². The summed E-state index contributed by atoms with van der Waals surface area (Å²) in [5.41, 5.74) is 5.60. The number of hydrogen-bond acceptors (Lipinski definition) is 4. The van der Waals surface area contributed by atoms with Gasteiger partial charge >= 0.3 is 5.97 Å². The number of carboxylic acid groups (broad SMARTS) is 1. The fourth-order valence-electron chi connectivity index (χ4n) is 5.23. The van der Waals surface area contributed by atoms with Crippen LogP contribution in [0.4, 0.5) is 5.69 Å². The summed E-state index contributed by atoms with van der Waals surface area (Å²) in [7, 11) is 3.27. The number of carboxylic acids is 1. The highest BCUT2D eigenvalue weighted by Gasteiger charge is 2.45. The van der Waals surface area contributed by atoms with Crippen LogP contribution in [-0.4, -0.2) is 25.3 Å². The van der Waals surface area contributed by atoms with Crippen LogP contribution in [0, 0.1) is 5.92 Å². The van der Waals surface area contributed by atoms with Gasteiger partial charge in [-0.25, -0.2) is 4.79 Å². The Labute approximate surface area is 175 Å². The van der Waals surface area contributed by atoms with E-state index in [9.17, 15) is 9.90 Å². The van der Waals surface area contributed by atoms with Crippen molar-refractivity contribution in [3.8, 4) is 11.5 Å². The number of hydrogen-bond donors (Lipinski definition) is 2. The topological polar surface area (TPSA) is 67.8 Å². The van der Waals surface area contributed by atoms with Gasteiger partial charge in [0.2, 0.25) is 0 Å². The standard InChI is InChI=1S/C25H23NO4/c1-29-20-12-6-10-17(24(20)30-2)23-19-13-14-7-3-4-8-15(14)21(19)16-9-5-11-18(25(27)28)22(16)26-23/h3-12,19,21,23,26H,13H2,1-2H3,(H,27,28)/t19-,21-,23-/m0/s1. The van der Waals surface area contributed by atoms with E-state index >= 15 is 0 Å². The van der Waals surface area contributed by atoms with Gasteiger partial charge in [-0.15, -0.1) is 0 Å². The summed E-state index contributed by atoms with van der Waals surface area (Å²) in [5.74, 6) is 0.780. The number of anilines is 1. The zero-order valence-corrected chi connectivity index (χ0v) is 16.9. The number of methoxy groups -OCH3 is 2. The molecule has 5 heteroatoms. The normalized spacial score (nSPS) is 21.1. The number of para-hydroxylation sites is 2. The highest BCUT2D eigenvalue weighted by molar-refractivity contribution is 5.96. The van der Waals surface area contributed by atoms with E-state index in [2.05, 4.69) is 29.6 Å². The molecule has 5 nitrogen and oxygen atoms in total. The van der Waals surface area contributed by atoms with Gasteiger partial charge in [-0.1, -0.05) is 48.5 Å². The molecule has 3 aromatic rings. The first kappa shape index (κ1) is 18.6. The van der Waals surface area contributed by atoms with E-state index in [0.717, 1.165) is 17.5 Å². The summed E-state index contributed by atoms with van der Waals surface area (Å²) in [5, 5.41) is 13.4. The molecule has 0 radical (unpaired) electrons. The van der Waals surface area contributed by atoms with Crippen LogP contribution in [0.5, 0.6) is 11.5 Å². The Morgan fingerprint density at radius 2 is 1.67 bits per heavy atom. The van der Waals surface area contributed by atoms with Crippen molar-refractivity contribution in [3.05, 3.63) is 88.5 Å². The van der Waals surface area contributed by atoms with Crippen molar-refractivity contribution in [3.63, 3.8) is 0 Å². The van der Waals surface area contributed by atoms with Gasteiger partial charge in [-0.2, -0.15) is 0 Å². The fraction of sp³-hybridized carbons (Fsp3) is 0.240. The molecule has 1 aliphatic heterocycles. The Morgan fingerprint density at radius 1 is 0.933 bits per heavy atom. The smallest absolute Gasteiger partial charge is 0.337 e. The minimum absolute atomic E-state index is 0.111. The van der Waals surface area contributed by atoms with Gasteiger partial charge in [0.1, 0.15) is 0 Å². The average Bonchev–Trinajstić information content (AvgIpc) is 3.17. The van der Waals surface area contributed by atoms with Crippen LogP contribution in [0.1, 0.15) is 44.6 Å². The molecule has 0 saturated carbocycles. The molecule has 0 fully saturated rings. The highest BCUT2D eigenvalue weighted by Crippen LogP contribution is 2.56. The molecule has 2 N–H and O–H groups in total. The van der Waals surface area contributed by atoms with Crippen LogP contribution in [0.2, 0.25) is 0 Å². The monoisotopic (exact) mass is 401 g/mol. The lowest BCUT2D eigenvalue weighted by Crippen LogP contribution is -2.31. The molecule has 3 aromatic carbocycles. The molecule has 1 heterocycles. The van der Waals surface area contributed by atoms with Crippen LogP contribution in [-0.2, 0) is 6.42 Å². The van der Waals surface area contributed by atoms with Crippen LogP contribution in [0.25, 0.3) is 0 Å². The fourth-order valence-corrected chi connectivity index (χ4v) is 5.23. The summed E-state index contributed by atoms with van der Waals surface area (Å²) >= 11 is 0. The summed E-state index contributed by atoms with van der Waals surface area (Å²) in [6, 6.07) is 19.8. The lowest BCUT2D eigenvalue weighted by Gasteiger charge is -2.39. The predicted octanol–water partition coefficient (Wildman–Crippen LogP) is 4.87. The second-order valence-corrected chi connectivity index (χ2v) is 7.82. The predicted molar refractivity (Wildman–Crippen MR) is 115 cm³/mol. The molecule has 0 aromatic heterocycles. The first-order valence-electron chi connectivity index (χ1n) is 10.1. The highest BCUT2D eigenvalue weighted by atomic mass is 16.5. The number of ether oxygens (including phenoxy) is 2. The number of carbonyl (C=O) groups is 1. The van der Waals surface area contributed by atoms with Crippen LogP contribution < -0.4 is 14.8 Å². The van der Waals surface area contributed by atoms with E-state index in [-0.39, 0.29) is 17.9 Å². The largest absolute Gasteiger partial charge is 0.493 e. The molecule has 0 bridgehead atoms. The van der Waals surface area contributed by atoms with Crippen LogP contribution >= 0.6 is 0 Å². The quantitative estimate of drug-likeness (QED) is 0.653. The van der Waals surface area contributed by atoms with Crippen LogP contribution in [0.15, 0.2) is 60.7 Å². The van der Waals surface area contributed by atoms with Gasteiger partial charge in [0.05, 0.1) is 31.5 Å². The van der Waals surface area contributed by atoms with Gasteiger partial charge in [0.25, 0.3) is 0 Å². The maximum absolute atomic E-state index is 12.0. The molecule has 152 valence electrons. The lowest BCUT2D eigenvalue weighted by molar-refractivity contribution is 0.0697. The van der Waals surface area contributed by atoms with Crippen molar-refractivity contribution in [2.45, 2.75) is 18.4 Å². The molecule has 30 heavy (non-hydrogen) atoms. The van der Waals surface area contributed by atoms with Gasteiger partial charge in [0, 0.05) is 11.5 Å². The van der Waals surface area contributed by atoms with Crippen molar-refractivity contribution >= 4 is 11.7 Å². The molecule has 0 unspecified atom stereocenters. The van der Waals surface area contributed by atoms with E-state index in [4.69, 9.17) is 9.47 Å². The third-order valence-electron chi connectivity index (χ3n) is 6.43. The third kappa shape index (κ3) is 2.65. The number of aromatic carboxylic acids is 1. The number of fused-ring (bicyclic) bond motifs is 5. The van der Waals surface area contributed by atoms with Gasteiger partial charge in [-0.3, -0.25) is 0 Å². The zero-order chi connectivity index (χ0) is 20.8. The second-order valence-electron chi connectivity index (χ2n) is 7.82. The summed E-state index contributed by atoms with van der Waals surface area (Å²) in [6.07, 6.45) is 0.912. The van der Waals surface area contributed by atoms with Gasteiger partial charge in [0.15, 0.2) is 11.5 Å². The lowest BCUT2D eigenvalue weighted by atomic mass is 9.74. The average molecular weight is 401 g/mol. The number of nitrogens with one attached hydrogen (secondary N) is 1. The number of rotatable bonds is 4. The maximum Gasteiger partial charge on any atom is 0.337 e. The minimum atomic E-state index is -0.930. The summed E-state index contributed by atoms with van der Waals surface area (Å²) in [4.78, 5) is 12.0. The van der Waals surface area contributed by atoms with E-state index in [1.165, 1.54) is 11.1 Å². The molecule has 0 amide bonds. The Bertz CT molecular complexity index is 1140. The van der Waals surface area contributed by atoms with Crippen molar-refractivity contribution in [2.75, 3.05) is 19.5 Å². The Kier molecular flexibility index (Phi) is 4.39. The van der Waals surface area contributed by atoms with Crippen LogP contribution in [0.3, 0.4) is 0 Å². The van der Waals surface area contributed by atoms with Crippen molar-refractivity contribution in [1.82, 2.24) is 0 Å².